The van der Waals surface area contributed by atoms with Crippen LogP contribution in [0.5, 0.6) is 5.75 Å². The Balaban J connectivity index is 1.89. The van der Waals surface area contributed by atoms with Gasteiger partial charge in [-0.25, -0.2) is 0 Å². The number of hydrogen-bond donors (Lipinski definition) is 2. The Morgan fingerprint density at radius 1 is 1.21 bits per heavy atom. The van der Waals surface area contributed by atoms with Crippen molar-refractivity contribution in [3.05, 3.63) is 64.2 Å². The van der Waals surface area contributed by atoms with Crippen LogP contribution in [-0.2, 0) is 0 Å². The molecule has 0 radical (unpaired) electrons. The maximum atomic E-state index is 12.3. The Hall–Kier alpha value is -3.09. The summed E-state index contributed by atoms with van der Waals surface area (Å²) in [5, 5.41) is 16.6. The van der Waals surface area contributed by atoms with Crippen LogP contribution in [0.25, 0.3) is 0 Å². The molecule has 2 rings (SSSR count). The molecule has 7 nitrogen and oxygen atoms in total. The zero-order valence-electron chi connectivity index (χ0n) is 13.5. The van der Waals surface area contributed by atoms with Crippen LogP contribution in [0.4, 0.5) is 11.4 Å². The molecule has 2 N–H and O–H groups in total. The van der Waals surface area contributed by atoms with Gasteiger partial charge in [-0.1, -0.05) is 12.1 Å². The first-order valence-corrected chi connectivity index (χ1v) is 7.43. The SMILES string of the molecule is COc1ccccc1C(=O)N[C@@H](C)CNc1ccc([N+](=O)[O-])cc1. The molecule has 1 amide bonds. The van der Waals surface area contributed by atoms with Gasteiger partial charge in [-0.2, -0.15) is 0 Å². The molecule has 0 aliphatic carbocycles. The first-order valence-electron chi connectivity index (χ1n) is 7.43. The normalized spacial score (nSPS) is 11.4. The van der Waals surface area contributed by atoms with Crippen LogP contribution in [0.3, 0.4) is 0 Å². The summed E-state index contributed by atoms with van der Waals surface area (Å²) in [5.41, 5.74) is 1.26. The molecule has 0 saturated carbocycles. The third-order valence-corrected chi connectivity index (χ3v) is 3.42. The van der Waals surface area contributed by atoms with Gasteiger partial charge < -0.3 is 15.4 Å². The van der Waals surface area contributed by atoms with Crippen LogP contribution >= 0.6 is 0 Å². The molecule has 2 aromatic carbocycles. The number of para-hydroxylation sites is 1. The smallest absolute Gasteiger partial charge is 0.269 e. The molecule has 0 unspecified atom stereocenters. The molecule has 0 spiro atoms. The number of non-ortho nitro benzene ring substituents is 1. The predicted octanol–water partition coefficient (Wildman–Crippen LogP) is 2.83. The van der Waals surface area contributed by atoms with Crippen LogP contribution < -0.4 is 15.4 Å². The van der Waals surface area contributed by atoms with Gasteiger partial charge in [-0.15, -0.1) is 0 Å². The molecular formula is C17H19N3O4. The van der Waals surface area contributed by atoms with Crippen LogP contribution in [0.15, 0.2) is 48.5 Å². The fraction of sp³-hybridized carbons (Fsp3) is 0.235. The minimum atomic E-state index is -0.445. The molecule has 0 fully saturated rings. The number of rotatable bonds is 7. The fourth-order valence-electron chi connectivity index (χ4n) is 2.16. The summed E-state index contributed by atoms with van der Waals surface area (Å²) in [6, 6.07) is 13.0. The van der Waals surface area contributed by atoms with Crippen molar-refractivity contribution < 1.29 is 14.5 Å². The molecule has 0 aliphatic rings. The average Bonchev–Trinajstić information content (AvgIpc) is 2.60. The van der Waals surface area contributed by atoms with Crippen molar-refractivity contribution in [1.29, 1.82) is 0 Å². The van der Waals surface area contributed by atoms with Crippen molar-refractivity contribution in [3.8, 4) is 5.75 Å². The second-order valence-electron chi connectivity index (χ2n) is 5.26. The first-order chi connectivity index (χ1) is 11.5. The molecule has 0 aromatic heterocycles. The van der Waals surface area contributed by atoms with E-state index in [0.29, 0.717) is 17.9 Å². The summed E-state index contributed by atoms with van der Waals surface area (Å²) in [5.74, 6) is 0.302. The second kappa shape index (κ2) is 7.96. The number of benzene rings is 2. The highest BCUT2D eigenvalue weighted by Crippen LogP contribution is 2.17. The Bertz CT molecular complexity index is 716. The highest BCUT2D eigenvalue weighted by molar-refractivity contribution is 5.97. The number of carbonyl (C=O) groups is 1. The molecule has 2 aromatic rings. The van der Waals surface area contributed by atoms with Crippen LogP contribution in [0.2, 0.25) is 0 Å². The van der Waals surface area contributed by atoms with Crippen molar-refractivity contribution >= 4 is 17.3 Å². The molecule has 0 saturated heterocycles. The minimum absolute atomic E-state index is 0.0399. The van der Waals surface area contributed by atoms with Gasteiger partial charge in [0.05, 0.1) is 17.6 Å². The third kappa shape index (κ3) is 4.45. The van der Waals surface area contributed by atoms with E-state index >= 15 is 0 Å². The highest BCUT2D eigenvalue weighted by atomic mass is 16.6. The first kappa shape index (κ1) is 17.3. The molecule has 7 heteroatoms. The average molecular weight is 329 g/mol. The lowest BCUT2D eigenvalue weighted by atomic mass is 10.1. The zero-order valence-corrected chi connectivity index (χ0v) is 13.5. The topological polar surface area (TPSA) is 93.5 Å². The standard InChI is InChI=1S/C17H19N3O4/c1-12(11-18-13-7-9-14(10-8-13)20(22)23)19-17(21)15-5-3-4-6-16(15)24-2/h3-10,12,18H,11H2,1-2H3,(H,19,21)/t12-/m0/s1. The number of carbonyl (C=O) groups excluding carboxylic acids is 1. The summed E-state index contributed by atoms with van der Waals surface area (Å²) >= 11 is 0. The van der Waals surface area contributed by atoms with Crippen molar-refractivity contribution in [2.45, 2.75) is 13.0 Å². The van der Waals surface area contributed by atoms with Gasteiger partial charge in [0, 0.05) is 30.4 Å². The number of hydrogen-bond acceptors (Lipinski definition) is 5. The minimum Gasteiger partial charge on any atom is -0.496 e. The van der Waals surface area contributed by atoms with Crippen molar-refractivity contribution in [1.82, 2.24) is 5.32 Å². The Morgan fingerprint density at radius 3 is 2.50 bits per heavy atom. The van der Waals surface area contributed by atoms with Crippen molar-refractivity contribution in [2.75, 3.05) is 19.0 Å². The fourth-order valence-corrected chi connectivity index (χ4v) is 2.16. The molecular weight excluding hydrogens is 310 g/mol. The lowest BCUT2D eigenvalue weighted by Gasteiger charge is -2.16. The number of amides is 1. The molecule has 24 heavy (non-hydrogen) atoms. The van der Waals surface area contributed by atoms with E-state index < -0.39 is 4.92 Å². The van der Waals surface area contributed by atoms with E-state index in [1.807, 2.05) is 6.92 Å². The zero-order chi connectivity index (χ0) is 17.5. The maximum absolute atomic E-state index is 12.3. The number of nitro benzene ring substituents is 1. The van der Waals surface area contributed by atoms with E-state index in [9.17, 15) is 14.9 Å². The van der Waals surface area contributed by atoms with Gasteiger partial charge in [0.25, 0.3) is 11.6 Å². The van der Waals surface area contributed by atoms with Crippen LogP contribution in [0.1, 0.15) is 17.3 Å². The van der Waals surface area contributed by atoms with Crippen molar-refractivity contribution in [2.24, 2.45) is 0 Å². The largest absolute Gasteiger partial charge is 0.496 e. The van der Waals surface area contributed by atoms with Gasteiger partial charge in [0.15, 0.2) is 0 Å². The van der Waals surface area contributed by atoms with Gasteiger partial charge >= 0.3 is 0 Å². The lowest BCUT2D eigenvalue weighted by Crippen LogP contribution is -2.37. The van der Waals surface area contributed by atoms with E-state index in [0.717, 1.165) is 5.69 Å². The summed E-state index contributed by atoms with van der Waals surface area (Å²) in [7, 11) is 1.52. The third-order valence-electron chi connectivity index (χ3n) is 3.42. The van der Waals surface area contributed by atoms with E-state index in [4.69, 9.17) is 4.74 Å². The van der Waals surface area contributed by atoms with Gasteiger partial charge in [0.1, 0.15) is 5.75 Å². The molecule has 126 valence electrons. The monoisotopic (exact) mass is 329 g/mol. The highest BCUT2D eigenvalue weighted by Gasteiger charge is 2.14. The number of nitrogens with one attached hydrogen (secondary N) is 2. The van der Waals surface area contributed by atoms with Crippen LogP contribution in [0, 0.1) is 10.1 Å². The predicted molar refractivity (Wildman–Crippen MR) is 91.5 cm³/mol. The number of anilines is 1. The van der Waals surface area contributed by atoms with Gasteiger partial charge in [-0.3, -0.25) is 14.9 Å². The van der Waals surface area contributed by atoms with E-state index in [-0.39, 0.29) is 17.6 Å². The molecule has 1 atom stereocenters. The number of nitro groups is 1. The van der Waals surface area contributed by atoms with Crippen LogP contribution in [-0.4, -0.2) is 30.5 Å². The number of ether oxygens (including phenoxy) is 1. The number of methoxy groups -OCH3 is 1. The Morgan fingerprint density at radius 2 is 1.88 bits per heavy atom. The Kier molecular flexibility index (Phi) is 5.73. The summed E-state index contributed by atoms with van der Waals surface area (Å²) in [6.07, 6.45) is 0. The van der Waals surface area contributed by atoms with E-state index in [1.165, 1.54) is 19.2 Å². The van der Waals surface area contributed by atoms with Gasteiger partial charge in [-0.05, 0) is 31.2 Å². The molecule has 0 heterocycles. The number of nitrogens with zero attached hydrogens (tertiary/aromatic N) is 1. The quantitative estimate of drug-likeness (QED) is 0.602. The molecule has 0 aliphatic heterocycles. The van der Waals surface area contributed by atoms with Gasteiger partial charge in [0.2, 0.25) is 0 Å². The molecule has 0 bridgehead atoms. The summed E-state index contributed by atoms with van der Waals surface area (Å²) < 4.78 is 5.18. The van der Waals surface area contributed by atoms with Crippen molar-refractivity contribution in [3.63, 3.8) is 0 Å². The maximum Gasteiger partial charge on any atom is 0.269 e. The second-order valence-corrected chi connectivity index (χ2v) is 5.26. The lowest BCUT2D eigenvalue weighted by molar-refractivity contribution is -0.384. The van der Waals surface area contributed by atoms with E-state index in [1.54, 1.807) is 36.4 Å². The summed E-state index contributed by atoms with van der Waals surface area (Å²) in [4.78, 5) is 22.4. The Labute approximate surface area is 139 Å². The summed E-state index contributed by atoms with van der Waals surface area (Å²) in [6.45, 7) is 2.35. The van der Waals surface area contributed by atoms with E-state index in [2.05, 4.69) is 10.6 Å².